The summed E-state index contributed by atoms with van der Waals surface area (Å²) in [5.74, 6) is 0.363. The quantitative estimate of drug-likeness (QED) is 0.554. The lowest BCUT2D eigenvalue weighted by molar-refractivity contribution is -0.106. The van der Waals surface area contributed by atoms with Crippen molar-refractivity contribution in [2.24, 2.45) is 10.8 Å². The molecule has 2 aliphatic rings. The maximum Gasteiger partial charge on any atom is 0.168 e. The summed E-state index contributed by atoms with van der Waals surface area (Å²) in [6.07, 6.45) is 8.27. The van der Waals surface area contributed by atoms with E-state index in [1.165, 1.54) is 5.01 Å². The van der Waals surface area contributed by atoms with Crippen LogP contribution in [0.25, 0.3) is 0 Å². The molecule has 1 aliphatic heterocycles. The fourth-order valence-corrected chi connectivity index (χ4v) is 2.28. The Morgan fingerprint density at radius 2 is 2.19 bits per heavy atom. The van der Waals surface area contributed by atoms with Gasteiger partial charge in [-0.3, -0.25) is 9.78 Å². The average Bonchev–Trinajstić information content (AvgIpc) is 3.44. The third-order valence-corrected chi connectivity index (χ3v) is 3.86. The normalized spacial score (nSPS) is 16.8. The van der Waals surface area contributed by atoms with Crippen molar-refractivity contribution in [2.45, 2.75) is 32.7 Å². The highest BCUT2D eigenvalue weighted by molar-refractivity contribution is 5.94. The Morgan fingerprint density at radius 3 is 2.69 bits per heavy atom. The second-order valence-electron chi connectivity index (χ2n) is 6.03. The van der Waals surface area contributed by atoms with E-state index in [9.17, 15) is 4.79 Å². The molecule has 1 fully saturated rings. The molecule has 26 heavy (non-hydrogen) atoms. The molecule has 1 saturated carbocycles. The zero-order chi connectivity index (χ0) is 19.1. The molecule has 0 bridgehead atoms. The predicted octanol–water partition coefficient (Wildman–Crippen LogP) is 2.26. The van der Waals surface area contributed by atoms with E-state index in [0.717, 1.165) is 36.2 Å². The minimum atomic E-state index is 0.363. The molecule has 0 saturated heterocycles. The fraction of sp³-hybridized carbons (Fsp3) is 0.316. The van der Waals surface area contributed by atoms with Gasteiger partial charge in [-0.2, -0.15) is 0 Å². The SMILES string of the molecule is C=C1C(NC2CC2)=CC(N)=NN1/C(C=O)=C\C.CNc1ccnc(C)c1. The molecule has 0 spiro atoms. The van der Waals surface area contributed by atoms with Gasteiger partial charge in [-0.1, -0.05) is 12.7 Å². The van der Waals surface area contributed by atoms with Crippen LogP contribution in [0.5, 0.6) is 0 Å². The van der Waals surface area contributed by atoms with Crippen molar-refractivity contribution >= 4 is 17.8 Å². The maximum absolute atomic E-state index is 10.9. The van der Waals surface area contributed by atoms with Crippen molar-refractivity contribution in [2.75, 3.05) is 12.4 Å². The van der Waals surface area contributed by atoms with Crippen molar-refractivity contribution in [3.63, 3.8) is 0 Å². The van der Waals surface area contributed by atoms with E-state index in [1.807, 2.05) is 26.1 Å². The van der Waals surface area contributed by atoms with Crippen LogP contribution in [0.4, 0.5) is 5.69 Å². The van der Waals surface area contributed by atoms with E-state index >= 15 is 0 Å². The molecular weight excluding hydrogens is 328 g/mol. The molecule has 7 heteroatoms. The number of nitrogens with one attached hydrogen (secondary N) is 2. The van der Waals surface area contributed by atoms with Gasteiger partial charge in [0.05, 0.1) is 11.4 Å². The van der Waals surface area contributed by atoms with Crippen LogP contribution in [0.1, 0.15) is 25.5 Å². The largest absolute Gasteiger partial charge is 0.388 e. The van der Waals surface area contributed by atoms with E-state index in [4.69, 9.17) is 5.73 Å². The minimum Gasteiger partial charge on any atom is -0.388 e. The van der Waals surface area contributed by atoms with Crippen LogP contribution in [0.2, 0.25) is 0 Å². The van der Waals surface area contributed by atoms with Gasteiger partial charge in [-0.25, -0.2) is 5.01 Å². The number of hydrogen-bond acceptors (Lipinski definition) is 7. The van der Waals surface area contributed by atoms with Crippen molar-refractivity contribution in [1.82, 2.24) is 15.3 Å². The predicted molar refractivity (Wildman–Crippen MR) is 105 cm³/mol. The summed E-state index contributed by atoms with van der Waals surface area (Å²) in [4.78, 5) is 15.0. The number of carbonyl (C=O) groups excluding carboxylic acids is 1. The molecular formula is C19H26N6O. The molecule has 0 unspecified atom stereocenters. The van der Waals surface area contributed by atoms with E-state index in [1.54, 1.807) is 25.3 Å². The van der Waals surface area contributed by atoms with Gasteiger partial charge in [0.25, 0.3) is 0 Å². The van der Waals surface area contributed by atoms with Crippen LogP contribution < -0.4 is 16.4 Å². The summed E-state index contributed by atoms with van der Waals surface area (Å²) < 4.78 is 0. The second-order valence-corrected chi connectivity index (χ2v) is 6.03. The lowest BCUT2D eigenvalue weighted by Gasteiger charge is -2.27. The number of nitrogens with zero attached hydrogens (tertiary/aromatic N) is 3. The van der Waals surface area contributed by atoms with Gasteiger partial charge in [0.1, 0.15) is 11.5 Å². The number of aromatic nitrogens is 1. The van der Waals surface area contributed by atoms with E-state index in [2.05, 4.69) is 27.3 Å². The molecule has 4 N–H and O–H groups in total. The average molecular weight is 354 g/mol. The van der Waals surface area contributed by atoms with Gasteiger partial charge in [0.2, 0.25) is 0 Å². The Balaban J connectivity index is 0.000000228. The second kappa shape index (κ2) is 8.84. The number of anilines is 1. The van der Waals surface area contributed by atoms with Crippen molar-refractivity contribution < 1.29 is 4.79 Å². The number of amidine groups is 1. The van der Waals surface area contributed by atoms with Crippen LogP contribution in [0, 0.1) is 6.92 Å². The Hall–Kier alpha value is -3.09. The number of allylic oxidation sites excluding steroid dienone is 2. The molecule has 7 nitrogen and oxygen atoms in total. The highest BCUT2D eigenvalue weighted by atomic mass is 16.1. The number of rotatable bonds is 5. The first-order chi connectivity index (χ1) is 12.5. The smallest absolute Gasteiger partial charge is 0.168 e. The van der Waals surface area contributed by atoms with Gasteiger partial charge in [0.15, 0.2) is 6.29 Å². The van der Waals surface area contributed by atoms with Crippen LogP contribution >= 0.6 is 0 Å². The number of nitrogens with two attached hydrogens (primary N) is 1. The van der Waals surface area contributed by atoms with Crippen molar-refractivity contribution in [1.29, 1.82) is 0 Å². The Bertz CT molecular complexity index is 761. The first-order valence-corrected chi connectivity index (χ1v) is 8.52. The number of aldehydes is 1. The standard InChI is InChI=1S/C12H16N4O.C7H10N2/c1-3-10(7-17)16-8(2)11(6-12(13)15-16)14-9-4-5-9;1-6-5-7(8-2)3-4-9-6/h3,6-7,9,14H,2,4-5H2,1H3,(H2,13,15);3-5H,1-2H3,(H,8,9)/b10-3-;. The summed E-state index contributed by atoms with van der Waals surface area (Å²) in [7, 11) is 1.90. The zero-order valence-corrected chi connectivity index (χ0v) is 15.5. The molecule has 0 amide bonds. The summed E-state index contributed by atoms with van der Waals surface area (Å²) in [5.41, 5.74) is 9.80. The number of hydrazone groups is 1. The summed E-state index contributed by atoms with van der Waals surface area (Å²) >= 11 is 0. The van der Waals surface area contributed by atoms with Gasteiger partial charge in [-0.15, -0.1) is 5.10 Å². The molecule has 1 aromatic heterocycles. The van der Waals surface area contributed by atoms with E-state index in [0.29, 0.717) is 23.3 Å². The van der Waals surface area contributed by atoms with Gasteiger partial charge in [-0.05, 0) is 38.8 Å². The Morgan fingerprint density at radius 1 is 1.46 bits per heavy atom. The number of hydrogen-bond donors (Lipinski definition) is 3. The Kier molecular flexibility index (Phi) is 6.54. The number of carbonyl (C=O) groups is 1. The third-order valence-electron chi connectivity index (χ3n) is 3.86. The molecule has 0 aromatic carbocycles. The van der Waals surface area contributed by atoms with Crippen LogP contribution in [-0.2, 0) is 4.79 Å². The minimum absolute atomic E-state index is 0.363. The monoisotopic (exact) mass is 354 g/mol. The van der Waals surface area contributed by atoms with Crippen molar-refractivity contribution in [3.05, 3.63) is 59.8 Å². The molecule has 0 atom stereocenters. The molecule has 138 valence electrons. The highest BCUT2D eigenvalue weighted by Gasteiger charge is 2.26. The lowest BCUT2D eigenvalue weighted by Crippen LogP contribution is -2.32. The van der Waals surface area contributed by atoms with Crippen molar-refractivity contribution in [3.8, 4) is 0 Å². The molecule has 1 aliphatic carbocycles. The van der Waals surface area contributed by atoms with Gasteiger partial charge >= 0.3 is 0 Å². The fourth-order valence-electron chi connectivity index (χ4n) is 2.28. The van der Waals surface area contributed by atoms with Gasteiger partial charge < -0.3 is 16.4 Å². The third kappa shape index (κ3) is 5.20. The van der Waals surface area contributed by atoms with E-state index in [-0.39, 0.29) is 0 Å². The Labute approximate surface area is 154 Å². The maximum atomic E-state index is 10.9. The topological polar surface area (TPSA) is 95.6 Å². The van der Waals surface area contributed by atoms with Crippen LogP contribution in [-0.4, -0.2) is 35.2 Å². The first-order valence-electron chi connectivity index (χ1n) is 8.52. The first kappa shape index (κ1) is 19.2. The lowest BCUT2D eigenvalue weighted by atomic mass is 10.2. The van der Waals surface area contributed by atoms with Crippen LogP contribution in [0.3, 0.4) is 0 Å². The molecule has 0 radical (unpaired) electrons. The number of aryl methyl sites for hydroxylation is 1. The highest BCUT2D eigenvalue weighted by Crippen LogP contribution is 2.26. The summed E-state index contributed by atoms with van der Waals surface area (Å²) in [5, 5.41) is 11.9. The van der Waals surface area contributed by atoms with Crippen LogP contribution in [0.15, 0.2) is 59.3 Å². The number of pyridine rings is 1. The van der Waals surface area contributed by atoms with Gasteiger partial charge in [0, 0.05) is 36.7 Å². The zero-order valence-electron chi connectivity index (χ0n) is 15.5. The molecule has 3 rings (SSSR count). The van der Waals surface area contributed by atoms with E-state index < -0.39 is 0 Å². The summed E-state index contributed by atoms with van der Waals surface area (Å²) in [6, 6.07) is 4.43. The molecule has 2 heterocycles. The molecule has 1 aromatic rings. The summed E-state index contributed by atoms with van der Waals surface area (Å²) in [6.45, 7) is 7.69.